The molecule has 3 rings (SSSR count). The number of hydrogen-bond acceptors (Lipinski definition) is 5. The normalized spacial score (nSPS) is 28.5. The fourth-order valence-corrected chi connectivity index (χ4v) is 3.89. The topological polar surface area (TPSA) is 92.9 Å². The Labute approximate surface area is 132 Å². The zero-order chi connectivity index (χ0) is 15.7. The van der Waals surface area contributed by atoms with Crippen molar-refractivity contribution in [1.82, 2.24) is 0 Å². The van der Waals surface area contributed by atoms with Crippen LogP contribution in [0.1, 0.15) is 24.3 Å². The predicted octanol–water partition coefficient (Wildman–Crippen LogP) is 1.43. The van der Waals surface area contributed by atoms with Crippen molar-refractivity contribution < 1.29 is 19.4 Å². The first kappa shape index (κ1) is 15.2. The summed E-state index contributed by atoms with van der Waals surface area (Å²) in [6.45, 7) is 0.145. The number of rotatable bonds is 3. The smallest absolute Gasteiger partial charge is 0.415 e. The fraction of sp³-hybridized carbons (Fsp3) is 0.467. The maximum absolute atomic E-state index is 11.8. The number of primary amides is 1. The molecule has 2 fully saturated rings. The molecule has 0 aromatic heterocycles. The Kier molecular flexibility index (Phi) is 4.26. The molecule has 3 N–H and O–H groups in total. The van der Waals surface area contributed by atoms with Crippen LogP contribution in [0, 0.1) is 0 Å². The van der Waals surface area contributed by atoms with Crippen molar-refractivity contribution in [2.75, 3.05) is 17.2 Å². The van der Waals surface area contributed by atoms with Gasteiger partial charge < -0.3 is 15.6 Å². The van der Waals surface area contributed by atoms with Gasteiger partial charge in [0.05, 0.1) is 12.0 Å². The summed E-state index contributed by atoms with van der Waals surface area (Å²) in [7, 11) is 0. The minimum atomic E-state index is -0.891. The second-order valence-corrected chi connectivity index (χ2v) is 6.81. The first-order valence-electron chi connectivity index (χ1n) is 7.21. The molecule has 0 unspecified atom stereocenters. The Bertz CT molecular complexity index is 577. The molecule has 2 amide bonds. The number of aliphatic hydroxyl groups excluding tert-OH is 1. The van der Waals surface area contributed by atoms with Gasteiger partial charge >= 0.3 is 6.09 Å². The average molecular weight is 322 g/mol. The van der Waals surface area contributed by atoms with Crippen LogP contribution in [-0.2, 0) is 9.53 Å². The van der Waals surface area contributed by atoms with Gasteiger partial charge in [-0.3, -0.25) is 9.69 Å². The molecule has 2 aliphatic heterocycles. The zero-order valence-electron chi connectivity index (χ0n) is 12.0. The van der Waals surface area contributed by atoms with Gasteiger partial charge in [0.1, 0.15) is 0 Å². The van der Waals surface area contributed by atoms with E-state index in [0.29, 0.717) is 11.6 Å². The van der Waals surface area contributed by atoms with Crippen LogP contribution in [0.2, 0.25) is 0 Å². The van der Waals surface area contributed by atoms with E-state index in [1.807, 2.05) is 24.3 Å². The molecule has 0 radical (unpaired) electrons. The molecule has 6 nitrogen and oxygen atoms in total. The molecule has 118 valence electrons. The van der Waals surface area contributed by atoms with E-state index < -0.39 is 18.1 Å². The number of nitrogens with two attached hydrogens (primary N) is 1. The molecule has 3 atom stereocenters. The average Bonchev–Trinajstić information content (AvgIpc) is 2.90. The zero-order valence-corrected chi connectivity index (χ0v) is 12.8. The lowest BCUT2D eigenvalue weighted by Crippen LogP contribution is -2.32. The monoisotopic (exact) mass is 322 g/mol. The summed E-state index contributed by atoms with van der Waals surface area (Å²) in [6, 6.07) is 7.61. The Balaban J connectivity index is 1.71. The van der Waals surface area contributed by atoms with Crippen LogP contribution in [0.4, 0.5) is 10.5 Å². The molecule has 0 saturated carbocycles. The predicted molar refractivity (Wildman–Crippen MR) is 83.7 cm³/mol. The second kappa shape index (κ2) is 6.18. The molecular formula is C15H18N2O4S. The van der Waals surface area contributed by atoms with Crippen molar-refractivity contribution in [2.45, 2.75) is 30.3 Å². The van der Waals surface area contributed by atoms with Crippen LogP contribution >= 0.6 is 11.8 Å². The van der Waals surface area contributed by atoms with Crippen LogP contribution < -0.4 is 10.6 Å². The lowest BCUT2D eigenvalue weighted by Gasteiger charge is -2.26. The minimum absolute atomic E-state index is 0.145. The van der Waals surface area contributed by atoms with Crippen LogP contribution in [0.5, 0.6) is 0 Å². The highest BCUT2D eigenvalue weighted by molar-refractivity contribution is 7.99. The Morgan fingerprint density at radius 2 is 2.09 bits per heavy atom. The van der Waals surface area contributed by atoms with Crippen LogP contribution in [0.3, 0.4) is 0 Å². The molecule has 7 heteroatoms. The Hall–Kier alpha value is -1.73. The second-order valence-electron chi connectivity index (χ2n) is 5.52. The van der Waals surface area contributed by atoms with Gasteiger partial charge in [0.25, 0.3) is 5.91 Å². The van der Waals surface area contributed by atoms with E-state index in [1.54, 1.807) is 11.8 Å². The molecular weight excluding hydrogens is 304 g/mol. The maximum atomic E-state index is 11.8. The highest BCUT2D eigenvalue weighted by Gasteiger charge is 2.35. The van der Waals surface area contributed by atoms with Gasteiger partial charge in [0.2, 0.25) is 0 Å². The highest BCUT2D eigenvalue weighted by Crippen LogP contribution is 2.35. The van der Waals surface area contributed by atoms with Crippen molar-refractivity contribution in [3.05, 3.63) is 29.8 Å². The van der Waals surface area contributed by atoms with E-state index in [1.165, 1.54) is 4.90 Å². The number of thioether (sulfide) groups is 1. The Morgan fingerprint density at radius 3 is 2.68 bits per heavy atom. The number of nitrogens with zero attached hydrogens (tertiary/aromatic N) is 1. The number of ether oxygens (including phenoxy) is 1. The van der Waals surface area contributed by atoms with Crippen molar-refractivity contribution >= 4 is 29.4 Å². The van der Waals surface area contributed by atoms with E-state index in [0.717, 1.165) is 24.2 Å². The largest absolute Gasteiger partial charge is 0.434 e. The van der Waals surface area contributed by atoms with Crippen molar-refractivity contribution in [3.8, 4) is 0 Å². The Morgan fingerprint density at radius 1 is 1.36 bits per heavy atom. The third-order valence-corrected chi connectivity index (χ3v) is 5.12. The number of hydrogen-bond donors (Lipinski definition) is 2. The van der Waals surface area contributed by atoms with E-state index in [2.05, 4.69) is 0 Å². The summed E-state index contributed by atoms with van der Waals surface area (Å²) in [5.41, 5.74) is 6.70. The van der Waals surface area contributed by atoms with Gasteiger partial charge in [-0.15, -0.1) is 11.8 Å². The number of carbonyl (C=O) groups excluding carboxylic acids is 2. The number of cyclic esters (lactones) is 1. The summed E-state index contributed by atoms with van der Waals surface area (Å²) >= 11 is 1.59. The highest BCUT2D eigenvalue weighted by atomic mass is 32.2. The molecule has 1 aromatic carbocycles. The van der Waals surface area contributed by atoms with Gasteiger partial charge in [0.15, 0.2) is 6.10 Å². The van der Waals surface area contributed by atoms with Gasteiger partial charge in [-0.25, -0.2) is 4.79 Å². The van der Waals surface area contributed by atoms with Gasteiger partial charge in [-0.1, -0.05) is 12.1 Å². The van der Waals surface area contributed by atoms with Gasteiger partial charge in [-0.05, 0) is 42.2 Å². The third kappa shape index (κ3) is 3.05. The van der Waals surface area contributed by atoms with E-state index >= 15 is 0 Å². The number of benzene rings is 1. The molecule has 0 bridgehead atoms. The fourth-order valence-electron chi connectivity index (χ4n) is 2.83. The maximum Gasteiger partial charge on any atom is 0.415 e. The van der Waals surface area contributed by atoms with Gasteiger partial charge in [-0.2, -0.15) is 0 Å². The van der Waals surface area contributed by atoms with E-state index in [9.17, 15) is 14.7 Å². The van der Waals surface area contributed by atoms with Crippen molar-refractivity contribution in [1.29, 1.82) is 0 Å². The van der Waals surface area contributed by atoms with Crippen LogP contribution in [0.15, 0.2) is 24.3 Å². The standard InChI is InChI=1S/C15H18N2O4S/c16-14(19)12-8-17(15(20)21-12)11-3-1-9(2-4-11)10-5-6-22-13(18)7-10/h1-4,10,12-13,18H,5-8H2,(H2,16,19)/t10-,12+,13+/m0/s1. The molecule has 2 aliphatic rings. The van der Waals surface area contributed by atoms with Crippen molar-refractivity contribution in [3.63, 3.8) is 0 Å². The third-order valence-electron chi connectivity index (χ3n) is 4.07. The van der Waals surface area contributed by atoms with E-state index in [-0.39, 0.29) is 12.0 Å². The molecule has 0 aliphatic carbocycles. The number of carbonyl (C=O) groups is 2. The number of amides is 2. The molecule has 2 saturated heterocycles. The number of aliphatic hydroxyl groups is 1. The molecule has 22 heavy (non-hydrogen) atoms. The lowest BCUT2D eigenvalue weighted by atomic mass is 9.93. The summed E-state index contributed by atoms with van der Waals surface area (Å²) in [4.78, 5) is 24.3. The van der Waals surface area contributed by atoms with Crippen LogP contribution in [-0.4, -0.2) is 40.9 Å². The SMILES string of the molecule is NC(=O)[C@H]1CN(c2ccc([C@H]3CCS[C@@H](O)C3)cc2)C(=O)O1. The summed E-state index contributed by atoms with van der Waals surface area (Å²) in [6.07, 6.45) is 0.342. The van der Waals surface area contributed by atoms with Gasteiger partial charge in [0, 0.05) is 5.69 Å². The first-order chi connectivity index (χ1) is 10.5. The molecule has 0 spiro atoms. The molecule has 2 heterocycles. The lowest BCUT2D eigenvalue weighted by molar-refractivity contribution is -0.124. The minimum Gasteiger partial charge on any atom is -0.434 e. The van der Waals surface area contributed by atoms with Crippen molar-refractivity contribution in [2.24, 2.45) is 5.73 Å². The number of anilines is 1. The quantitative estimate of drug-likeness (QED) is 0.878. The summed E-state index contributed by atoms with van der Waals surface area (Å²) in [5, 5.41) is 9.73. The molecule has 1 aromatic rings. The summed E-state index contributed by atoms with van der Waals surface area (Å²) < 4.78 is 4.93. The van der Waals surface area contributed by atoms with E-state index in [4.69, 9.17) is 10.5 Å². The first-order valence-corrected chi connectivity index (χ1v) is 8.26. The summed E-state index contributed by atoms with van der Waals surface area (Å²) in [5.74, 6) is 0.655. The van der Waals surface area contributed by atoms with Crippen LogP contribution in [0.25, 0.3) is 0 Å².